The van der Waals surface area contributed by atoms with E-state index in [0.29, 0.717) is 5.56 Å². The Morgan fingerprint density at radius 3 is 2.57 bits per heavy atom. The first-order valence-corrected chi connectivity index (χ1v) is 8.06. The summed E-state index contributed by atoms with van der Waals surface area (Å²) in [5.74, 6) is -0.509. The molecule has 1 aromatic carbocycles. The zero-order valence-corrected chi connectivity index (χ0v) is 13.9. The van der Waals surface area contributed by atoms with Crippen molar-refractivity contribution in [3.05, 3.63) is 22.7 Å². The van der Waals surface area contributed by atoms with E-state index >= 15 is 0 Å². The van der Waals surface area contributed by atoms with Gasteiger partial charge in [0.25, 0.3) is 10.1 Å². The van der Waals surface area contributed by atoms with Crippen LogP contribution < -0.4 is 16.4 Å². The number of nitrogens with one attached hydrogen (secondary N) is 2. The first-order valence-electron chi connectivity index (χ1n) is 6.25. The first kappa shape index (κ1) is 19.2. The second kappa shape index (κ2) is 7.59. The highest BCUT2D eigenvalue weighted by Gasteiger charge is 2.18. The number of anilines is 1. The number of likely N-dealkylation sites (N-methyl/N-ethyl adjacent to an activating group) is 1. The lowest BCUT2D eigenvalue weighted by atomic mass is 10.2. The number of hydrogen-bond acceptors (Lipinski definition) is 6. The van der Waals surface area contributed by atoms with Crippen molar-refractivity contribution in [2.24, 2.45) is 5.73 Å². The van der Waals surface area contributed by atoms with Crippen molar-refractivity contribution in [3.8, 4) is 0 Å². The number of benzene rings is 1. The lowest BCUT2D eigenvalue weighted by molar-refractivity contribution is -0.122. The van der Waals surface area contributed by atoms with Gasteiger partial charge in [0.1, 0.15) is 12.6 Å². The molecule has 1 atom stereocenters. The number of rotatable bonds is 5. The number of nitrogens with two attached hydrogens (primary N) is 1. The summed E-state index contributed by atoms with van der Waals surface area (Å²) in [7, 11) is -3.11. The minimum Gasteiger partial charge on any atom is -0.447 e. The van der Waals surface area contributed by atoms with E-state index in [1.54, 1.807) is 0 Å². The van der Waals surface area contributed by atoms with Crippen molar-refractivity contribution in [1.29, 1.82) is 0 Å². The van der Waals surface area contributed by atoms with Crippen LogP contribution in [0.1, 0.15) is 5.56 Å². The van der Waals surface area contributed by atoms with Gasteiger partial charge in [-0.05, 0) is 24.6 Å². The van der Waals surface area contributed by atoms with Crippen LogP contribution in [0.15, 0.2) is 17.0 Å². The average Bonchev–Trinajstić information content (AvgIpc) is 2.47. The molecule has 2 amide bonds. The van der Waals surface area contributed by atoms with E-state index in [0.717, 1.165) is 12.1 Å². The molecule has 0 fully saturated rings. The summed E-state index contributed by atoms with van der Waals surface area (Å²) in [6.07, 6.45) is -0.962. The van der Waals surface area contributed by atoms with Crippen LogP contribution in [0.3, 0.4) is 0 Å². The molecule has 128 valence electrons. The second-order valence-corrected chi connectivity index (χ2v) is 6.33. The van der Waals surface area contributed by atoms with Gasteiger partial charge in [-0.25, -0.2) is 4.79 Å². The van der Waals surface area contributed by atoms with Gasteiger partial charge in [0.15, 0.2) is 0 Å². The third kappa shape index (κ3) is 5.36. The minimum absolute atomic E-state index is 0.0255. The van der Waals surface area contributed by atoms with Crippen molar-refractivity contribution in [1.82, 2.24) is 5.32 Å². The molecule has 0 radical (unpaired) electrons. The van der Waals surface area contributed by atoms with Crippen LogP contribution in [-0.4, -0.2) is 44.7 Å². The summed E-state index contributed by atoms with van der Waals surface area (Å²) < 4.78 is 36.1. The van der Waals surface area contributed by atoms with Crippen molar-refractivity contribution in [3.63, 3.8) is 0 Å². The Kier molecular flexibility index (Phi) is 6.33. The lowest BCUT2D eigenvalue weighted by Gasteiger charge is -2.13. The monoisotopic (exact) mass is 365 g/mol. The normalized spacial score (nSPS) is 12.4. The van der Waals surface area contributed by atoms with Crippen LogP contribution in [0, 0.1) is 6.92 Å². The van der Waals surface area contributed by atoms with Crippen LogP contribution in [0.25, 0.3) is 0 Å². The molecule has 1 rings (SSSR count). The van der Waals surface area contributed by atoms with E-state index in [1.807, 2.05) is 0 Å². The molecule has 1 aromatic rings. The fourth-order valence-corrected chi connectivity index (χ4v) is 2.32. The summed E-state index contributed by atoms with van der Waals surface area (Å²) >= 11 is 5.86. The zero-order valence-electron chi connectivity index (χ0n) is 12.3. The van der Waals surface area contributed by atoms with Crippen molar-refractivity contribution >= 4 is 39.4 Å². The molecule has 0 aromatic heterocycles. The summed E-state index contributed by atoms with van der Waals surface area (Å²) in [5.41, 5.74) is 5.85. The van der Waals surface area contributed by atoms with Gasteiger partial charge in [-0.3, -0.25) is 14.7 Å². The highest BCUT2D eigenvalue weighted by atomic mass is 35.5. The Balaban J connectivity index is 2.86. The predicted octanol–water partition coefficient (Wildman–Crippen LogP) is 0.517. The fraction of sp³-hybridized carbons (Fsp3) is 0.333. The Morgan fingerprint density at radius 1 is 1.43 bits per heavy atom. The molecule has 5 N–H and O–H groups in total. The van der Waals surface area contributed by atoms with E-state index in [9.17, 15) is 18.0 Å². The first-order chi connectivity index (χ1) is 10.6. The van der Waals surface area contributed by atoms with Crippen LogP contribution in [-0.2, 0) is 19.6 Å². The van der Waals surface area contributed by atoms with E-state index < -0.39 is 33.1 Å². The summed E-state index contributed by atoms with van der Waals surface area (Å²) in [6.45, 7) is 1.15. The summed E-state index contributed by atoms with van der Waals surface area (Å²) in [5, 5.41) is 4.58. The molecule has 0 aliphatic carbocycles. The summed E-state index contributed by atoms with van der Waals surface area (Å²) in [6, 6.07) is 1.03. The van der Waals surface area contributed by atoms with Gasteiger partial charge in [0.05, 0.1) is 4.90 Å². The van der Waals surface area contributed by atoms with Gasteiger partial charge in [-0.1, -0.05) is 11.6 Å². The molecular formula is C12H16ClN3O6S. The summed E-state index contributed by atoms with van der Waals surface area (Å²) in [4.78, 5) is 22.4. The number of hydrogen-bond donors (Lipinski definition) is 4. The number of halogens is 1. The second-order valence-electron chi connectivity index (χ2n) is 4.50. The molecule has 11 heteroatoms. The predicted molar refractivity (Wildman–Crippen MR) is 83.0 cm³/mol. The molecule has 0 heterocycles. The molecule has 0 bridgehead atoms. The third-order valence-corrected chi connectivity index (χ3v) is 4.05. The molecule has 0 saturated heterocycles. The van der Waals surface area contributed by atoms with E-state index in [2.05, 4.69) is 10.6 Å². The molecule has 9 nitrogen and oxygen atoms in total. The Labute approximate surface area is 137 Å². The SMILES string of the molecule is CNC(=O)[C@@H](N)COC(=O)Nc1cc(S(=O)(=O)O)cc(Cl)c1C. The third-order valence-electron chi connectivity index (χ3n) is 2.83. The number of amides is 2. The molecule has 23 heavy (non-hydrogen) atoms. The number of ether oxygens (including phenoxy) is 1. The molecular weight excluding hydrogens is 350 g/mol. The van der Waals surface area contributed by atoms with Crippen molar-refractivity contribution in [2.45, 2.75) is 17.9 Å². The van der Waals surface area contributed by atoms with Crippen LogP contribution >= 0.6 is 11.6 Å². The van der Waals surface area contributed by atoms with E-state index in [1.165, 1.54) is 14.0 Å². The van der Waals surface area contributed by atoms with Gasteiger partial charge < -0.3 is 15.8 Å². The lowest BCUT2D eigenvalue weighted by Crippen LogP contribution is -2.42. The number of carbonyl (C=O) groups is 2. The molecule has 0 spiro atoms. The van der Waals surface area contributed by atoms with E-state index in [4.69, 9.17) is 26.6 Å². The van der Waals surface area contributed by atoms with Gasteiger partial charge in [-0.2, -0.15) is 8.42 Å². The molecule has 0 unspecified atom stereocenters. The average molecular weight is 366 g/mol. The van der Waals surface area contributed by atoms with Gasteiger partial charge in [-0.15, -0.1) is 0 Å². The van der Waals surface area contributed by atoms with E-state index in [-0.39, 0.29) is 17.3 Å². The fourth-order valence-electron chi connectivity index (χ4n) is 1.51. The number of carbonyl (C=O) groups excluding carboxylic acids is 2. The largest absolute Gasteiger partial charge is 0.447 e. The smallest absolute Gasteiger partial charge is 0.411 e. The molecule has 0 saturated carbocycles. The highest BCUT2D eigenvalue weighted by Crippen LogP contribution is 2.28. The minimum atomic E-state index is -4.49. The van der Waals surface area contributed by atoms with Gasteiger partial charge in [0, 0.05) is 17.8 Å². The van der Waals surface area contributed by atoms with Gasteiger partial charge in [0.2, 0.25) is 5.91 Å². The van der Waals surface area contributed by atoms with Crippen LogP contribution in [0.4, 0.5) is 10.5 Å². The Bertz CT molecular complexity index is 722. The van der Waals surface area contributed by atoms with Crippen molar-refractivity contribution in [2.75, 3.05) is 19.0 Å². The van der Waals surface area contributed by atoms with Gasteiger partial charge >= 0.3 is 6.09 Å². The topological polar surface area (TPSA) is 148 Å². The van der Waals surface area contributed by atoms with Crippen molar-refractivity contribution < 1.29 is 27.3 Å². The maximum atomic E-state index is 11.7. The quantitative estimate of drug-likeness (QED) is 0.556. The Morgan fingerprint density at radius 2 is 2.04 bits per heavy atom. The standard InChI is InChI=1S/C12H16ClN3O6S/c1-6-8(13)3-7(23(19,20)21)4-10(6)16-12(18)22-5-9(14)11(17)15-2/h3-4,9H,5,14H2,1-2H3,(H,15,17)(H,16,18)(H,19,20,21)/t9-/m0/s1. The van der Waals surface area contributed by atoms with Crippen LogP contribution in [0.2, 0.25) is 5.02 Å². The molecule has 0 aliphatic heterocycles. The van der Waals surface area contributed by atoms with Crippen LogP contribution in [0.5, 0.6) is 0 Å². The maximum Gasteiger partial charge on any atom is 0.411 e. The molecule has 0 aliphatic rings. The zero-order chi connectivity index (χ0) is 17.8. The highest BCUT2D eigenvalue weighted by molar-refractivity contribution is 7.85. The Hall–Kier alpha value is -1.88. The maximum absolute atomic E-state index is 11.7.